The summed E-state index contributed by atoms with van der Waals surface area (Å²) < 4.78 is 0. The maximum atomic E-state index is 12.8. The normalized spacial score (nSPS) is 18.0. The zero-order chi connectivity index (χ0) is 19.9. The SMILES string of the molecule is CC(C)(C)NC(=O)N(CC1CCCCC1)C[C@@H](O)[C@@H](N)Cc1ccccc1. The molecule has 0 saturated heterocycles. The summed E-state index contributed by atoms with van der Waals surface area (Å²) in [7, 11) is 0. The number of urea groups is 1. The number of nitrogens with two attached hydrogens (primary N) is 1. The maximum Gasteiger partial charge on any atom is 0.317 e. The van der Waals surface area contributed by atoms with Gasteiger partial charge in [-0.25, -0.2) is 4.79 Å². The molecule has 0 spiro atoms. The minimum atomic E-state index is -0.750. The Balaban J connectivity index is 1.98. The monoisotopic (exact) mass is 375 g/mol. The Morgan fingerprint density at radius 2 is 1.85 bits per heavy atom. The summed E-state index contributed by atoms with van der Waals surface area (Å²) in [6.07, 6.45) is 5.91. The lowest BCUT2D eigenvalue weighted by Crippen LogP contribution is -2.54. The zero-order valence-corrected chi connectivity index (χ0v) is 17.2. The predicted molar refractivity (Wildman–Crippen MR) is 111 cm³/mol. The summed E-state index contributed by atoms with van der Waals surface area (Å²) in [5, 5.41) is 13.7. The predicted octanol–water partition coefficient (Wildman–Crippen LogP) is 3.31. The van der Waals surface area contributed by atoms with Crippen molar-refractivity contribution >= 4 is 6.03 Å². The van der Waals surface area contributed by atoms with Crippen LogP contribution in [0.25, 0.3) is 0 Å². The molecule has 1 aromatic carbocycles. The summed E-state index contributed by atoms with van der Waals surface area (Å²) in [6.45, 7) is 6.88. The van der Waals surface area contributed by atoms with Gasteiger partial charge in [-0.2, -0.15) is 0 Å². The fourth-order valence-corrected chi connectivity index (χ4v) is 3.71. The Hall–Kier alpha value is -1.59. The third-order valence-electron chi connectivity index (χ3n) is 5.19. The average Bonchev–Trinajstić information content (AvgIpc) is 2.61. The van der Waals surface area contributed by atoms with Gasteiger partial charge < -0.3 is 21.1 Å². The van der Waals surface area contributed by atoms with Crippen molar-refractivity contribution < 1.29 is 9.90 Å². The second-order valence-electron chi connectivity index (χ2n) is 9.01. The first-order chi connectivity index (χ1) is 12.7. The van der Waals surface area contributed by atoms with Gasteiger partial charge in [0.15, 0.2) is 0 Å². The summed E-state index contributed by atoms with van der Waals surface area (Å²) >= 11 is 0. The molecule has 27 heavy (non-hydrogen) atoms. The van der Waals surface area contributed by atoms with Gasteiger partial charge in [0.05, 0.1) is 6.10 Å². The zero-order valence-electron chi connectivity index (χ0n) is 17.2. The summed E-state index contributed by atoms with van der Waals surface area (Å²) in [5.41, 5.74) is 7.04. The number of benzene rings is 1. The molecule has 1 aliphatic rings. The average molecular weight is 376 g/mol. The Morgan fingerprint density at radius 3 is 2.44 bits per heavy atom. The van der Waals surface area contributed by atoms with Gasteiger partial charge in [-0.05, 0) is 51.5 Å². The molecule has 1 aliphatic carbocycles. The number of hydrogen-bond acceptors (Lipinski definition) is 3. The van der Waals surface area contributed by atoms with Crippen LogP contribution in [0.15, 0.2) is 30.3 Å². The van der Waals surface area contributed by atoms with Crippen LogP contribution >= 0.6 is 0 Å². The van der Waals surface area contributed by atoms with Crippen LogP contribution in [0.4, 0.5) is 4.79 Å². The highest BCUT2D eigenvalue weighted by Crippen LogP contribution is 2.24. The highest BCUT2D eigenvalue weighted by atomic mass is 16.3. The molecule has 1 saturated carbocycles. The molecule has 0 radical (unpaired) electrons. The number of hydrogen-bond donors (Lipinski definition) is 3. The van der Waals surface area contributed by atoms with E-state index in [-0.39, 0.29) is 18.1 Å². The minimum absolute atomic E-state index is 0.112. The van der Waals surface area contributed by atoms with Crippen molar-refractivity contribution in [2.24, 2.45) is 11.7 Å². The highest BCUT2D eigenvalue weighted by Gasteiger charge is 2.27. The topological polar surface area (TPSA) is 78.6 Å². The molecule has 2 rings (SSSR count). The van der Waals surface area contributed by atoms with Crippen LogP contribution < -0.4 is 11.1 Å². The van der Waals surface area contributed by atoms with Crippen molar-refractivity contribution in [1.29, 1.82) is 0 Å². The van der Waals surface area contributed by atoms with Gasteiger partial charge in [-0.3, -0.25) is 0 Å². The summed E-state index contributed by atoms with van der Waals surface area (Å²) in [6, 6.07) is 9.43. The smallest absolute Gasteiger partial charge is 0.317 e. The van der Waals surface area contributed by atoms with E-state index in [1.165, 1.54) is 19.3 Å². The number of amides is 2. The van der Waals surface area contributed by atoms with Crippen LogP contribution in [-0.4, -0.2) is 46.8 Å². The van der Waals surface area contributed by atoms with E-state index < -0.39 is 12.1 Å². The standard InChI is InChI=1S/C22H37N3O2/c1-22(2,3)24-21(27)25(15-18-12-8-5-9-13-18)16-20(26)19(23)14-17-10-6-4-7-11-17/h4,6-7,10-11,18-20,26H,5,8-9,12-16,23H2,1-3H3,(H,24,27)/t19-,20+/m0/s1. The largest absolute Gasteiger partial charge is 0.390 e. The van der Waals surface area contributed by atoms with Crippen LogP contribution in [0.3, 0.4) is 0 Å². The van der Waals surface area contributed by atoms with E-state index in [2.05, 4.69) is 5.32 Å². The molecule has 2 atom stereocenters. The number of nitrogens with one attached hydrogen (secondary N) is 1. The van der Waals surface area contributed by atoms with E-state index in [1.54, 1.807) is 4.90 Å². The quantitative estimate of drug-likeness (QED) is 0.684. The van der Waals surface area contributed by atoms with E-state index in [9.17, 15) is 9.90 Å². The molecular formula is C22H37N3O2. The van der Waals surface area contributed by atoms with E-state index in [0.29, 0.717) is 18.9 Å². The van der Waals surface area contributed by atoms with Gasteiger partial charge in [-0.15, -0.1) is 0 Å². The first kappa shape index (κ1) is 21.7. The van der Waals surface area contributed by atoms with Crippen molar-refractivity contribution in [1.82, 2.24) is 10.2 Å². The minimum Gasteiger partial charge on any atom is -0.390 e. The number of carbonyl (C=O) groups excluding carboxylic acids is 1. The van der Waals surface area contributed by atoms with Crippen LogP contribution in [0.1, 0.15) is 58.4 Å². The Bertz CT molecular complexity index is 565. The molecule has 0 heterocycles. The van der Waals surface area contributed by atoms with E-state index >= 15 is 0 Å². The number of aliphatic hydroxyl groups is 1. The Morgan fingerprint density at radius 1 is 1.22 bits per heavy atom. The summed E-state index contributed by atoms with van der Waals surface area (Å²) in [4.78, 5) is 14.6. The lowest BCUT2D eigenvalue weighted by molar-refractivity contribution is 0.0886. The van der Waals surface area contributed by atoms with Crippen molar-refractivity contribution in [3.05, 3.63) is 35.9 Å². The van der Waals surface area contributed by atoms with Gasteiger partial charge in [-0.1, -0.05) is 49.6 Å². The molecule has 5 heteroatoms. The molecule has 1 aromatic rings. The van der Waals surface area contributed by atoms with Crippen LogP contribution in [-0.2, 0) is 6.42 Å². The molecule has 152 valence electrons. The first-order valence-corrected chi connectivity index (χ1v) is 10.3. The maximum absolute atomic E-state index is 12.8. The van der Waals surface area contributed by atoms with E-state index in [0.717, 1.165) is 18.4 Å². The first-order valence-electron chi connectivity index (χ1n) is 10.3. The third-order valence-corrected chi connectivity index (χ3v) is 5.19. The second kappa shape index (κ2) is 10.1. The molecule has 0 aromatic heterocycles. The number of nitrogens with zero attached hydrogens (tertiary/aromatic N) is 1. The van der Waals surface area contributed by atoms with Gasteiger partial charge in [0, 0.05) is 24.7 Å². The fraction of sp³-hybridized carbons (Fsp3) is 0.682. The van der Waals surface area contributed by atoms with E-state index in [1.807, 2.05) is 51.1 Å². The van der Waals surface area contributed by atoms with Crippen molar-refractivity contribution in [3.8, 4) is 0 Å². The van der Waals surface area contributed by atoms with Crippen LogP contribution in [0.2, 0.25) is 0 Å². The van der Waals surface area contributed by atoms with Gasteiger partial charge in [0.1, 0.15) is 0 Å². The lowest BCUT2D eigenvalue weighted by Gasteiger charge is -2.34. The molecule has 0 unspecified atom stereocenters. The van der Waals surface area contributed by atoms with Crippen molar-refractivity contribution in [2.75, 3.05) is 13.1 Å². The molecule has 2 amide bonds. The lowest BCUT2D eigenvalue weighted by atomic mass is 9.89. The number of aliphatic hydroxyl groups excluding tert-OH is 1. The molecule has 0 aliphatic heterocycles. The third kappa shape index (κ3) is 7.89. The number of carbonyl (C=O) groups is 1. The Kier molecular flexibility index (Phi) is 8.11. The van der Waals surface area contributed by atoms with Gasteiger partial charge in [0.2, 0.25) is 0 Å². The van der Waals surface area contributed by atoms with Crippen LogP contribution in [0, 0.1) is 5.92 Å². The van der Waals surface area contributed by atoms with Crippen molar-refractivity contribution in [2.45, 2.75) is 77.0 Å². The Labute approximate surface area is 164 Å². The molecule has 1 fully saturated rings. The fourth-order valence-electron chi connectivity index (χ4n) is 3.71. The van der Waals surface area contributed by atoms with E-state index in [4.69, 9.17) is 5.73 Å². The number of rotatable bonds is 7. The molecule has 0 bridgehead atoms. The van der Waals surface area contributed by atoms with Crippen LogP contribution in [0.5, 0.6) is 0 Å². The van der Waals surface area contributed by atoms with Crippen molar-refractivity contribution in [3.63, 3.8) is 0 Å². The van der Waals surface area contributed by atoms with Gasteiger partial charge in [0.25, 0.3) is 0 Å². The second-order valence-corrected chi connectivity index (χ2v) is 9.01. The molecule has 5 nitrogen and oxygen atoms in total. The molecular weight excluding hydrogens is 338 g/mol. The molecule has 4 N–H and O–H groups in total. The van der Waals surface area contributed by atoms with Gasteiger partial charge >= 0.3 is 6.03 Å². The summed E-state index contributed by atoms with van der Waals surface area (Å²) in [5.74, 6) is 0.516. The highest BCUT2D eigenvalue weighted by molar-refractivity contribution is 5.75.